The minimum Gasteiger partial charge on any atom is -0.362 e. The van der Waals surface area contributed by atoms with Crippen LogP contribution in [0.1, 0.15) is 11.1 Å². The third-order valence-corrected chi connectivity index (χ3v) is 4.57. The van der Waals surface area contributed by atoms with Gasteiger partial charge >= 0.3 is 0 Å². The standard InChI is InChI=1S/C21H22N2S/c1-23(21(24)22-14-13-17-7-3-2-4-8-17)16-18-11-12-19-9-5-6-10-20(19)15-18/h2-12,15H,13-14,16H2,1H3,(H,22,24). The third-order valence-electron chi connectivity index (χ3n) is 4.11. The molecule has 0 saturated carbocycles. The number of nitrogens with zero attached hydrogens (tertiary/aromatic N) is 1. The molecule has 0 aliphatic rings. The lowest BCUT2D eigenvalue weighted by molar-refractivity contribution is 0.489. The van der Waals surface area contributed by atoms with Crippen LogP contribution in [0.3, 0.4) is 0 Å². The lowest BCUT2D eigenvalue weighted by Gasteiger charge is -2.21. The summed E-state index contributed by atoms with van der Waals surface area (Å²) in [5.74, 6) is 0. The van der Waals surface area contributed by atoms with E-state index in [-0.39, 0.29) is 0 Å². The van der Waals surface area contributed by atoms with Crippen LogP contribution in [0, 0.1) is 0 Å². The molecular formula is C21H22N2S. The van der Waals surface area contributed by atoms with Gasteiger partial charge in [0.2, 0.25) is 0 Å². The van der Waals surface area contributed by atoms with Crippen LogP contribution in [-0.2, 0) is 13.0 Å². The molecule has 0 atom stereocenters. The van der Waals surface area contributed by atoms with Crippen LogP contribution in [0.25, 0.3) is 10.8 Å². The Hall–Kier alpha value is -2.39. The maximum atomic E-state index is 5.50. The van der Waals surface area contributed by atoms with Gasteiger partial charge in [0.1, 0.15) is 0 Å². The van der Waals surface area contributed by atoms with Crippen LogP contribution >= 0.6 is 12.2 Å². The Labute approximate surface area is 149 Å². The highest BCUT2D eigenvalue weighted by molar-refractivity contribution is 7.80. The van der Waals surface area contributed by atoms with Gasteiger partial charge in [0.15, 0.2) is 5.11 Å². The Balaban J connectivity index is 1.53. The van der Waals surface area contributed by atoms with Gasteiger partial charge in [-0.3, -0.25) is 0 Å². The predicted octanol–water partition coefficient (Wildman–Crippen LogP) is 4.39. The topological polar surface area (TPSA) is 15.3 Å². The molecule has 3 rings (SSSR count). The molecule has 0 fully saturated rings. The fourth-order valence-electron chi connectivity index (χ4n) is 2.78. The maximum Gasteiger partial charge on any atom is 0.168 e. The predicted molar refractivity (Wildman–Crippen MR) is 106 cm³/mol. The average Bonchev–Trinajstić information content (AvgIpc) is 2.62. The monoisotopic (exact) mass is 334 g/mol. The lowest BCUT2D eigenvalue weighted by atomic mass is 10.1. The third kappa shape index (κ3) is 4.33. The summed E-state index contributed by atoms with van der Waals surface area (Å²) in [4.78, 5) is 2.09. The molecule has 0 saturated heterocycles. The molecule has 0 radical (unpaired) electrons. The van der Waals surface area contributed by atoms with Crippen LogP contribution in [0.5, 0.6) is 0 Å². The van der Waals surface area contributed by atoms with Crippen molar-refractivity contribution in [2.75, 3.05) is 13.6 Å². The van der Waals surface area contributed by atoms with E-state index in [0.717, 1.165) is 24.6 Å². The molecule has 0 spiro atoms. The van der Waals surface area contributed by atoms with Gasteiger partial charge in [-0.05, 0) is 46.6 Å². The van der Waals surface area contributed by atoms with Crippen LogP contribution in [0.15, 0.2) is 72.8 Å². The molecule has 122 valence electrons. The molecule has 24 heavy (non-hydrogen) atoms. The second-order valence-corrected chi connectivity index (χ2v) is 6.39. The van der Waals surface area contributed by atoms with Gasteiger partial charge in [0.05, 0.1) is 0 Å². The quantitative estimate of drug-likeness (QED) is 0.697. The first-order valence-electron chi connectivity index (χ1n) is 8.23. The summed E-state index contributed by atoms with van der Waals surface area (Å²) >= 11 is 5.50. The largest absolute Gasteiger partial charge is 0.362 e. The van der Waals surface area contributed by atoms with Crippen molar-refractivity contribution in [2.45, 2.75) is 13.0 Å². The van der Waals surface area contributed by atoms with Crippen molar-refractivity contribution in [3.05, 3.63) is 83.9 Å². The van der Waals surface area contributed by atoms with Gasteiger partial charge in [0.25, 0.3) is 0 Å². The number of rotatable bonds is 5. The number of hydrogen-bond acceptors (Lipinski definition) is 1. The van der Waals surface area contributed by atoms with Gasteiger partial charge in [0, 0.05) is 20.1 Å². The second-order valence-electron chi connectivity index (χ2n) is 6.01. The van der Waals surface area contributed by atoms with Crippen molar-refractivity contribution in [1.29, 1.82) is 0 Å². The minimum absolute atomic E-state index is 0.791. The number of benzene rings is 3. The fourth-order valence-corrected chi connectivity index (χ4v) is 2.94. The molecule has 2 nitrogen and oxygen atoms in total. The Morgan fingerprint density at radius 2 is 1.58 bits per heavy atom. The molecule has 0 unspecified atom stereocenters. The zero-order valence-corrected chi connectivity index (χ0v) is 14.7. The van der Waals surface area contributed by atoms with E-state index in [1.807, 2.05) is 13.1 Å². The summed E-state index contributed by atoms with van der Waals surface area (Å²) in [6.07, 6.45) is 0.977. The summed E-state index contributed by atoms with van der Waals surface area (Å²) in [5.41, 5.74) is 2.59. The van der Waals surface area contributed by atoms with Crippen LogP contribution < -0.4 is 5.32 Å². The first-order chi connectivity index (χ1) is 11.7. The molecule has 3 aromatic carbocycles. The number of hydrogen-bond donors (Lipinski definition) is 1. The Kier molecular flexibility index (Phi) is 5.44. The van der Waals surface area contributed by atoms with Crippen molar-refractivity contribution in [3.8, 4) is 0 Å². The SMILES string of the molecule is CN(Cc1ccc2ccccc2c1)C(=S)NCCc1ccccc1. The van der Waals surface area contributed by atoms with E-state index >= 15 is 0 Å². The van der Waals surface area contributed by atoms with Crippen molar-refractivity contribution in [3.63, 3.8) is 0 Å². The zero-order valence-electron chi connectivity index (χ0n) is 13.9. The summed E-state index contributed by atoms with van der Waals surface area (Å²) in [6.45, 7) is 1.66. The molecule has 0 aromatic heterocycles. The molecule has 0 bridgehead atoms. The number of thiocarbonyl (C=S) groups is 1. The zero-order chi connectivity index (χ0) is 16.8. The van der Waals surface area contributed by atoms with Crippen molar-refractivity contribution in [2.24, 2.45) is 0 Å². The van der Waals surface area contributed by atoms with Gasteiger partial charge in [-0.25, -0.2) is 0 Å². The highest BCUT2D eigenvalue weighted by Gasteiger charge is 2.05. The lowest BCUT2D eigenvalue weighted by Crippen LogP contribution is -2.37. The van der Waals surface area contributed by atoms with Crippen LogP contribution in [-0.4, -0.2) is 23.6 Å². The molecular weight excluding hydrogens is 312 g/mol. The molecule has 0 heterocycles. The molecule has 3 heteroatoms. The van der Waals surface area contributed by atoms with E-state index in [1.54, 1.807) is 0 Å². The van der Waals surface area contributed by atoms with Crippen molar-refractivity contribution in [1.82, 2.24) is 10.2 Å². The van der Waals surface area contributed by atoms with Gasteiger partial charge in [-0.1, -0.05) is 66.7 Å². The first kappa shape index (κ1) is 16.5. The first-order valence-corrected chi connectivity index (χ1v) is 8.64. The van der Waals surface area contributed by atoms with E-state index in [9.17, 15) is 0 Å². The normalized spacial score (nSPS) is 10.5. The Morgan fingerprint density at radius 3 is 2.38 bits per heavy atom. The van der Waals surface area contributed by atoms with Gasteiger partial charge in [-0.15, -0.1) is 0 Å². The van der Waals surface area contributed by atoms with Crippen LogP contribution in [0.4, 0.5) is 0 Å². The second kappa shape index (κ2) is 7.93. The van der Waals surface area contributed by atoms with Gasteiger partial charge in [-0.2, -0.15) is 0 Å². The van der Waals surface area contributed by atoms with E-state index in [1.165, 1.54) is 21.9 Å². The van der Waals surface area contributed by atoms with E-state index in [4.69, 9.17) is 12.2 Å². The maximum absolute atomic E-state index is 5.50. The summed E-state index contributed by atoms with van der Waals surface area (Å²) in [7, 11) is 2.03. The summed E-state index contributed by atoms with van der Waals surface area (Å²) in [6, 6.07) is 25.5. The molecule has 1 N–H and O–H groups in total. The van der Waals surface area contributed by atoms with E-state index < -0.39 is 0 Å². The average molecular weight is 334 g/mol. The van der Waals surface area contributed by atoms with Crippen LogP contribution in [0.2, 0.25) is 0 Å². The van der Waals surface area contributed by atoms with Gasteiger partial charge < -0.3 is 10.2 Å². The molecule has 0 aliphatic heterocycles. The Bertz CT molecular complexity index is 814. The summed E-state index contributed by atoms with van der Waals surface area (Å²) in [5, 5.41) is 6.68. The van der Waals surface area contributed by atoms with E-state index in [0.29, 0.717) is 0 Å². The highest BCUT2D eigenvalue weighted by Crippen LogP contribution is 2.16. The highest BCUT2D eigenvalue weighted by atomic mass is 32.1. The smallest absolute Gasteiger partial charge is 0.168 e. The minimum atomic E-state index is 0.791. The van der Waals surface area contributed by atoms with Crippen molar-refractivity contribution < 1.29 is 0 Å². The van der Waals surface area contributed by atoms with Crippen molar-refractivity contribution >= 4 is 28.1 Å². The number of fused-ring (bicyclic) bond motifs is 1. The molecule has 0 aliphatic carbocycles. The summed E-state index contributed by atoms with van der Waals surface area (Å²) < 4.78 is 0. The molecule has 3 aromatic rings. The molecule has 0 amide bonds. The Morgan fingerprint density at radius 1 is 0.875 bits per heavy atom. The number of nitrogens with one attached hydrogen (secondary N) is 1. The fraction of sp³-hybridized carbons (Fsp3) is 0.190. The van der Waals surface area contributed by atoms with E-state index in [2.05, 4.69) is 76.9 Å².